The fourth-order valence-corrected chi connectivity index (χ4v) is 3.94. The van der Waals surface area contributed by atoms with Crippen LogP contribution in [0.1, 0.15) is 83.6 Å². The van der Waals surface area contributed by atoms with Crippen molar-refractivity contribution in [3.63, 3.8) is 0 Å². The molecule has 2 aromatic heterocycles. The van der Waals surface area contributed by atoms with Crippen molar-refractivity contribution < 1.29 is 41.4 Å². The molecular formula is C20H23F4N3O5S. The van der Waals surface area contributed by atoms with E-state index in [0.29, 0.717) is 10.7 Å². The lowest BCUT2D eigenvalue weighted by Gasteiger charge is -2.16. The predicted octanol–water partition coefficient (Wildman–Crippen LogP) is 5.07. The van der Waals surface area contributed by atoms with Crippen molar-refractivity contribution in [3.8, 4) is 0 Å². The maximum atomic E-state index is 13.3. The highest BCUT2D eigenvalue weighted by Gasteiger charge is 2.31. The lowest BCUT2D eigenvalue weighted by Crippen LogP contribution is -2.26. The Labute approximate surface area is 190 Å². The van der Waals surface area contributed by atoms with Crippen molar-refractivity contribution in [1.82, 2.24) is 9.78 Å². The first-order valence-corrected chi connectivity index (χ1v) is 10.7. The summed E-state index contributed by atoms with van der Waals surface area (Å²) in [6.07, 6.45) is -6.77. The van der Waals surface area contributed by atoms with E-state index in [2.05, 4.69) is 10.4 Å². The maximum absolute atomic E-state index is 13.3. The molecule has 0 spiro atoms. The first-order chi connectivity index (χ1) is 15.4. The zero-order valence-corrected chi connectivity index (χ0v) is 19.3. The van der Waals surface area contributed by atoms with Gasteiger partial charge in [0.05, 0.1) is 18.3 Å². The number of hydrogen-bond donors (Lipinski definition) is 1. The molecule has 2 heterocycles. The number of esters is 2. The number of carbonyl (C=O) groups is 3. The standard InChI is InChI=1S/C20H23F4N3O5S/c1-6-31-20(30)14-9(4)13(19(29)32-8(2)3)18(33-14)25-17(28)10(5)27-12(16(23)24)7-11(26-27)15(21)22/h7-8,10,15-16H,6H2,1-5H3,(H,25,28). The van der Waals surface area contributed by atoms with Crippen molar-refractivity contribution in [2.45, 2.75) is 59.6 Å². The summed E-state index contributed by atoms with van der Waals surface area (Å²) in [5, 5.41) is 5.76. The molecule has 0 radical (unpaired) electrons. The van der Waals surface area contributed by atoms with Gasteiger partial charge in [0.2, 0.25) is 5.91 Å². The summed E-state index contributed by atoms with van der Waals surface area (Å²) < 4.78 is 63.2. The Morgan fingerprint density at radius 3 is 2.27 bits per heavy atom. The van der Waals surface area contributed by atoms with E-state index in [1.807, 2.05) is 0 Å². The third-order valence-electron chi connectivity index (χ3n) is 4.37. The smallest absolute Gasteiger partial charge is 0.348 e. The number of rotatable bonds is 9. The van der Waals surface area contributed by atoms with Crippen LogP contribution in [0, 0.1) is 6.92 Å². The fourth-order valence-electron chi connectivity index (χ4n) is 2.85. The fraction of sp³-hybridized carbons (Fsp3) is 0.500. The van der Waals surface area contributed by atoms with Crippen molar-refractivity contribution in [3.05, 3.63) is 33.5 Å². The van der Waals surface area contributed by atoms with E-state index in [4.69, 9.17) is 9.47 Å². The number of anilines is 1. The molecule has 182 valence electrons. The second-order valence-electron chi connectivity index (χ2n) is 7.14. The second-order valence-corrected chi connectivity index (χ2v) is 8.16. The van der Waals surface area contributed by atoms with Crippen LogP contribution in [-0.4, -0.2) is 40.3 Å². The van der Waals surface area contributed by atoms with Gasteiger partial charge in [-0.05, 0) is 46.2 Å². The van der Waals surface area contributed by atoms with Crippen LogP contribution in [0.25, 0.3) is 0 Å². The van der Waals surface area contributed by atoms with Gasteiger partial charge < -0.3 is 14.8 Å². The van der Waals surface area contributed by atoms with Crippen LogP contribution in [0.15, 0.2) is 6.07 Å². The number of ether oxygens (including phenoxy) is 2. The molecule has 2 aromatic rings. The number of hydrogen-bond acceptors (Lipinski definition) is 7. The maximum Gasteiger partial charge on any atom is 0.348 e. The molecule has 1 atom stereocenters. The minimum atomic E-state index is -3.16. The van der Waals surface area contributed by atoms with E-state index < -0.39 is 54.2 Å². The molecule has 33 heavy (non-hydrogen) atoms. The second kappa shape index (κ2) is 10.8. The monoisotopic (exact) mass is 493 g/mol. The molecule has 0 aliphatic rings. The topological polar surface area (TPSA) is 99.5 Å². The van der Waals surface area contributed by atoms with Crippen molar-refractivity contribution >= 4 is 34.2 Å². The molecule has 0 saturated heterocycles. The van der Waals surface area contributed by atoms with Gasteiger partial charge in [0.15, 0.2) is 0 Å². The van der Waals surface area contributed by atoms with Crippen molar-refractivity contribution in [2.75, 3.05) is 11.9 Å². The SMILES string of the molecule is CCOC(=O)c1sc(NC(=O)C(C)n2nc(C(F)F)cc2C(F)F)c(C(=O)OC(C)C)c1C. The summed E-state index contributed by atoms with van der Waals surface area (Å²) in [5.74, 6) is -2.46. The molecule has 0 aromatic carbocycles. The van der Waals surface area contributed by atoms with Gasteiger partial charge in [-0.2, -0.15) is 5.10 Å². The van der Waals surface area contributed by atoms with Gasteiger partial charge in [-0.25, -0.2) is 27.2 Å². The molecule has 1 N–H and O–H groups in total. The van der Waals surface area contributed by atoms with Crippen LogP contribution in [0.3, 0.4) is 0 Å². The van der Waals surface area contributed by atoms with Gasteiger partial charge in [0.25, 0.3) is 12.9 Å². The third kappa shape index (κ3) is 5.89. The summed E-state index contributed by atoms with van der Waals surface area (Å²) in [6.45, 7) is 7.53. The Balaban J connectivity index is 2.44. The Kier molecular flexibility index (Phi) is 8.58. The molecule has 0 fully saturated rings. The number of amides is 1. The quantitative estimate of drug-likeness (QED) is 0.387. The van der Waals surface area contributed by atoms with Gasteiger partial charge in [-0.3, -0.25) is 9.48 Å². The number of aromatic nitrogens is 2. The normalized spacial score (nSPS) is 12.4. The molecule has 2 rings (SSSR count). The summed E-state index contributed by atoms with van der Waals surface area (Å²) in [4.78, 5) is 37.7. The number of nitrogens with zero attached hydrogens (tertiary/aromatic N) is 2. The minimum Gasteiger partial charge on any atom is -0.462 e. The van der Waals surface area contributed by atoms with Gasteiger partial charge in [0.1, 0.15) is 27.3 Å². The third-order valence-corrected chi connectivity index (χ3v) is 5.56. The first kappa shape index (κ1) is 26.3. The van der Waals surface area contributed by atoms with Crippen molar-refractivity contribution in [2.24, 2.45) is 0 Å². The number of nitrogens with one attached hydrogen (secondary N) is 1. The summed E-state index contributed by atoms with van der Waals surface area (Å²) in [7, 11) is 0. The van der Waals surface area contributed by atoms with Crippen LogP contribution < -0.4 is 5.32 Å². The van der Waals surface area contributed by atoms with Gasteiger partial charge >= 0.3 is 11.9 Å². The van der Waals surface area contributed by atoms with Gasteiger partial charge in [-0.15, -0.1) is 11.3 Å². The minimum absolute atomic E-state index is 0.0443. The Bertz CT molecular complexity index is 1040. The van der Waals surface area contributed by atoms with E-state index in [1.165, 1.54) is 13.8 Å². The zero-order valence-electron chi connectivity index (χ0n) is 18.4. The zero-order chi connectivity index (χ0) is 25.0. The average Bonchev–Trinajstić information content (AvgIpc) is 3.29. The largest absolute Gasteiger partial charge is 0.462 e. The summed E-state index contributed by atoms with van der Waals surface area (Å²) in [5.41, 5.74) is -1.65. The number of thiophene rings is 1. The summed E-state index contributed by atoms with van der Waals surface area (Å²) in [6, 6.07) is -0.914. The highest BCUT2D eigenvalue weighted by atomic mass is 32.1. The Hall–Kier alpha value is -2.96. The molecule has 8 nitrogen and oxygen atoms in total. The van der Waals surface area contributed by atoms with E-state index >= 15 is 0 Å². The van der Waals surface area contributed by atoms with E-state index in [0.717, 1.165) is 11.3 Å². The average molecular weight is 493 g/mol. The number of alkyl halides is 4. The van der Waals surface area contributed by atoms with E-state index in [9.17, 15) is 31.9 Å². The first-order valence-electron chi connectivity index (χ1n) is 9.86. The van der Waals surface area contributed by atoms with Crippen LogP contribution in [-0.2, 0) is 14.3 Å². The molecule has 1 amide bonds. The molecule has 0 bridgehead atoms. The molecule has 13 heteroatoms. The van der Waals surface area contributed by atoms with E-state index in [-0.39, 0.29) is 27.6 Å². The summed E-state index contributed by atoms with van der Waals surface area (Å²) >= 11 is 0.746. The molecule has 0 aliphatic carbocycles. The van der Waals surface area contributed by atoms with Gasteiger partial charge in [0, 0.05) is 0 Å². The van der Waals surface area contributed by atoms with Crippen LogP contribution in [0.5, 0.6) is 0 Å². The van der Waals surface area contributed by atoms with Gasteiger partial charge in [-0.1, -0.05) is 0 Å². The lowest BCUT2D eigenvalue weighted by atomic mass is 10.1. The number of carbonyl (C=O) groups excluding carboxylic acids is 3. The highest BCUT2D eigenvalue weighted by molar-refractivity contribution is 7.18. The lowest BCUT2D eigenvalue weighted by molar-refractivity contribution is -0.119. The Morgan fingerprint density at radius 1 is 1.12 bits per heavy atom. The Morgan fingerprint density at radius 2 is 1.76 bits per heavy atom. The number of halogens is 4. The van der Waals surface area contributed by atoms with Crippen molar-refractivity contribution in [1.29, 1.82) is 0 Å². The molecule has 0 saturated carbocycles. The van der Waals surface area contributed by atoms with Crippen LogP contribution in [0.4, 0.5) is 22.6 Å². The van der Waals surface area contributed by atoms with Crippen LogP contribution in [0.2, 0.25) is 0 Å². The molecule has 1 unspecified atom stereocenters. The highest BCUT2D eigenvalue weighted by Crippen LogP contribution is 2.35. The van der Waals surface area contributed by atoms with E-state index in [1.54, 1.807) is 20.8 Å². The predicted molar refractivity (Wildman–Crippen MR) is 111 cm³/mol. The molecule has 0 aliphatic heterocycles. The molecular weight excluding hydrogens is 470 g/mol. The van der Waals surface area contributed by atoms with Crippen LogP contribution >= 0.6 is 11.3 Å².